The summed E-state index contributed by atoms with van der Waals surface area (Å²) in [5, 5.41) is 22.8. The second-order valence-electron chi connectivity index (χ2n) is 11.4. The van der Waals surface area contributed by atoms with Crippen LogP contribution in [0.1, 0.15) is 99.8 Å². The average Bonchev–Trinajstić information content (AvgIpc) is 2.94. The van der Waals surface area contributed by atoms with E-state index >= 15 is 0 Å². The van der Waals surface area contributed by atoms with Crippen molar-refractivity contribution < 1.29 is 0 Å². The fourth-order valence-corrected chi connectivity index (χ4v) is 5.76. The Morgan fingerprint density at radius 3 is 1.88 bits per heavy atom. The Morgan fingerprint density at radius 2 is 1.38 bits per heavy atom. The molecule has 0 atom stereocenters. The maximum atomic E-state index is 3.91. The van der Waals surface area contributed by atoms with Gasteiger partial charge in [0.05, 0.1) is 28.4 Å². The summed E-state index contributed by atoms with van der Waals surface area (Å²) in [7, 11) is 6.45. The van der Waals surface area contributed by atoms with Crippen LogP contribution >= 0.6 is 0 Å². The Labute approximate surface area is 246 Å². The number of rotatable bonds is 19. The number of nitrogens with zero attached hydrogens (tertiary/aromatic N) is 4. The Balaban J connectivity index is 3.05. The van der Waals surface area contributed by atoms with Crippen molar-refractivity contribution in [3.8, 4) is 0 Å². The van der Waals surface area contributed by atoms with Gasteiger partial charge in [0.2, 0.25) is 0 Å². The number of hydrazine groups is 3. The first-order valence-corrected chi connectivity index (χ1v) is 16.2. The zero-order valence-electron chi connectivity index (χ0n) is 27.6. The van der Waals surface area contributed by atoms with E-state index in [2.05, 4.69) is 116 Å². The molecule has 1 aliphatic carbocycles. The predicted octanol–water partition coefficient (Wildman–Crippen LogP) is 6.79. The summed E-state index contributed by atoms with van der Waals surface area (Å²) in [6.07, 6.45) is 9.61. The number of benzene rings is 1. The van der Waals surface area contributed by atoms with E-state index in [-0.39, 0.29) is 0 Å². The standard InChI is InChI=1S/C31H63N9/c1-11-16-23-35-29-27(36-24(6)7)26(34-22-12-2)28(33-13-3)31(30(29)37(9)10)40(38(14-4)15-5)39(32-8)25-20-18-17-19-21-25/h24-25,32-36H,11-23H2,1-10H3. The number of nitrogens with one attached hydrogen (secondary N) is 5. The molecule has 40 heavy (non-hydrogen) atoms. The second-order valence-corrected chi connectivity index (χ2v) is 11.4. The van der Waals surface area contributed by atoms with Gasteiger partial charge in [-0.15, -0.1) is 5.12 Å². The van der Waals surface area contributed by atoms with E-state index in [1.807, 2.05) is 0 Å². The molecule has 1 fully saturated rings. The van der Waals surface area contributed by atoms with Crippen molar-refractivity contribution in [2.75, 3.05) is 85.2 Å². The van der Waals surface area contributed by atoms with Gasteiger partial charge in [-0.3, -0.25) is 0 Å². The van der Waals surface area contributed by atoms with Crippen LogP contribution in [0.15, 0.2) is 0 Å². The molecule has 0 aromatic heterocycles. The SMILES string of the molecule is CCCCNc1c(NC(C)C)c(NCCC)c(NCC)c(N(N(CC)CC)N(NC)C2CCCCC2)c1N(C)C. The van der Waals surface area contributed by atoms with E-state index in [0.717, 1.165) is 69.0 Å². The summed E-state index contributed by atoms with van der Waals surface area (Å²) < 4.78 is 0. The fourth-order valence-electron chi connectivity index (χ4n) is 5.76. The van der Waals surface area contributed by atoms with Crippen molar-refractivity contribution in [3.05, 3.63) is 0 Å². The summed E-state index contributed by atoms with van der Waals surface area (Å²) in [6.45, 7) is 20.1. The molecular weight excluding hydrogens is 498 g/mol. The van der Waals surface area contributed by atoms with E-state index in [1.54, 1.807) is 0 Å². The quantitative estimate of drug-likeness (QED) is 0.0928. The molecule has 0 spiro atoms. The zero-order chi connectivity index (χ0) is 29.7. The molecule has 1 aliphatic rings. The molecule has 2 rings (SSSR count). The van der Waals surface area contributed by atoms with Crippen LogP contribution in [0.4, 0.5) is 34.1 Å². The molecule has 1 aromatic carbocycles. The maximum absolute atomic E-state index is 3.91. The molecule has 0 aliphatic heterocycles. The van der Waals surface area contributed by atoms with E-state index < -0.39 is 0 Å². The molecule has 0 saturated heterocycles. The molecule has 1 saturated carbocycles. The number of hydrogen-bond donors (Lipinski definition) is 5. The third-order valence-corrected chi connectivity index (χ3v) is 7.62. The van der Waals surface area contributed by atoms with Gasteiger partial charge >= 0.3 is 0 Å². The van der Waals surface area contributed by atoms with Crippen molar-refractivity contribution in [1.29, 1.82) is 0 Å². The number of unbranched alkanes of at least 4 members (excludes halogenated alkanes) is 1. The zero-order valence-corrected chi connectivity index (χ0v) is 27.6. The van der Waals surface area contributed by atoms with Gasteiger partial charge in [-0.25, -0.2) is 15.6 Å². The van der Waals surface area contributed by atoms with Gasteiger partial charge in [-0.05, 0) is 46.5 Å². The molecule has 9 nitrogen and oxygen atoms in total. The van der Waals surface area contributed by atoms with E-state index in [0.29, 0.717) is 12.1 Å². The van der Waals surface area contributed by atoms with Gasteiger partial charge in [0.15, 0.2) is 0 Å². The summed E-state index contributed by atoms with van der Waals surface area (Å²) in [5.74, 6) is 0. The van der Waals surface area contributed by atoms with Crippen LogP contribution in [0.3, 0.4) is 0 Å². The third kappa shape index (κ3) is 8.46. The van der Waals surface area contributed by atoms with Crippen LogP contribution in [0.5, 0.6) is 0 Å². The summed E-state index contributed by atoms with van der Waals surface area (Å²) in [5.41, 5.74) is 10.6. The minimum absolute atomic E-state index is 0.291. The first-order valence-electron chi connectivity index (χ1n) is 16.2. The predicted molar refractivity (Wildman–Crippen MR) is 179 cm³/mol. The van der Waals surface area contributed by atoms with Crippen molar-refractivity contribution in [1.82, 2.24) is 15.6 Å². The molecule has 0 bridgehead atoms. The van der Waals surface area contributed by atoms with E-state index in [4.69, 9.17) is 0 Å². The molecule has 9 heteroatoms. The highest BCUT2D eigenvalue weighted by Gasteiger charge is 2.36. The maximum Gasteiger partial charge on any atom is 0.123 e. The summed E-state index contributed by atoms with van der Waals surface area (Å²) >= 11 is 0. The molecular formula is C31H63N9. The van der Waals surface area contributed by atoms with E-state index in [9.17, 15) is 0 Å². The Bertz CT molecular complexity index is 848. The Morgan fingerprint density at radius 1 is 0.750 bits per heavy atom. The molecule has 0 amide bonds. The third-order valence-electron chi connectivity index (χ3n) is 7.62. The van der Waals surface area contributed by atoms with Gasteiger partial charge < -0.3 is 26.2 Å². The Kier molecular flexibility index (Phi) is 15.1. The van der Waals surface area contributed by atoms with Crippen molar-refractivity contribution in [2.45, 2.75) is 112 Å². The van der Waals surface area contributed by atoms with Crippen LogP contribution in [0, 0.1) is 0 Å². The van der Waals surface area contributed by atoms with Crippen molar-refractivity contribution >= 4 is 34.1 Å². The second kappa shape index (κ2) is 17.7. The highest BCUT2D eigenvalue weighted by atomic mass is 16.0. The average molecular weight is 562 g/mol. The van der Waals surface area contributed by atoms with Crippen molar-refractivity contribution in [2.24, 2.45) is 0 Å². The summed E-state index contributed by atoms with van der Waals surface area (Å²) in [4.78, 5) is 2.30. The summed E-state index contributed by atoms with van der Waals surface area (Å²) in [6, 6.07) is 0.722. The Hall–Kier alpha value is -2.10. The van der Waals surface area contributed by atoms with Crippen LogP contribution in [0.25, 0.3) is 0 Å². The molecule has 5 N–H and O–H groups in total. The molecule has 232 valence electrons. The van der Waals surface area contributed by atoms with Gasteiger partial charge in [0.25, 0.3) is 0 Å². The number of anilines is 6. The highest BCUT2D eigenvalue weighted by Crippen LogP contribution is 2.53. The van der Waals surface area contributed by atoms with Gasteiger partial charge in [-0.2, -0.15) is 0 Å². The van der Waals surface area contributed by atoms with Crippen LogP contribution in [-0.4, -0.2) is 76.1 Å². The van der Waals surface area contributed by atoms with E-state index in [1.165, 1.54) is 49.2 Å². The fraction of sp³-hybridized carbons (Fsp3) is 0.806. The first-order chi connectivity index (χ1) is 19.3. The molecule has 0 radical (unpaired) electrons. The van der Waals surface area contributed by atoms with Gasteiger partial charge in [0.1, 0.15) is 5.69 Å². The minimum atomic E-state index is 0.291. The van der Waals surface area contributed by atoms with Crippen LogP contribution in [-0.2, 0) is 0 Å². The first kappa shape index (κ1) is 34.1. The highest BCUT2D eigenvalue weighted by molar-refractivity contribution is 6.08. The van der Waals surface area contributed by atoms with Crippen molar-refractivity contribution in [3.63, 3.8) is 0 Å². The smallest absolute Gasteiger partial charge is 0.123 e. The lowest BCUT2D eigenvalue weighted by Gasteiger charge is -2.49. The lowest BCUT2D eigenvalue weighted by molar-refractivity contribution is 0.0151. The number of hydrogen-bond acceptors (Lipinski definition) is 9. The van der Waals surface area contributed by atoms with Crippen LogP contribution in [0.2, 0.25) is 0 Å². The normalized spacial score (nSPS) is 14.2. The molecule has 0 unspecified atom stereocenters. The van der Waals surface area contributed by atoms with Gasteiger partial charge in [0, 0.05) is 66.0 Å². The lowest BCUT2D eigenvalue weighted by Crippen LogP contribution is -2.62. The topological polar surface area (TPSA) is 73.1 Å². The van der Waals surface area contributed by atoms with Crippen LogP contribution < -0.4 is 36.7 Å². The minimum Gasteiger partial charge on any atom is -0.382 e. The largest absolute Gasteiger partial charge is 0.382 e. The monoisotopic (exact) mass is 562 g/mol. The van der Waals surface area contributed by atoms with Gasteiger partial charge in [-0.1, -0.05) is 53.4 Å². The molecule has 0 heterocycles. The molecule has 1 aromatic rings. The lowest BCUT2D eigenvalue weighted by atomic mass is 9.95.